The van der Waals surface area contributed by atoms with Crippen molar-refractivity contribution in [3.8, 4) is 0 Å². The van der Waals surface area contributed by atoms with Gasteiger partial charge in [0.1, 0.15) is 0 Å². The standard InChI is InChI=1S/C14H22N2OS/c1-13(2)9-4-5-14(13,3)11(6-9)15-7-10-8-18-12(17)16-10/h8-9,11,15H,4-7H2,1-3H3,(H,16,17). The summed E-state index contributed by atoms with van der Waals surface area (Å²) in [5.41, 5.74) is 1.88. The molecule has 1 aromatic rings. The predicted octanol–water partition coefficient (Wildman–Crippen LogP) is 2.74. The third-order valence-corrected chi connectivity index (χ3v) is 6.62. The molecule has 3 rings (SSSR count). The summed E-state index contributed by atoms with van der Waals surface area (Å²) in [4.78, 5) is 14.0. The zero-order valence-electron chi connectivity index (χ0n) is 11.4. The minimum absolute atomic E-state index is 0.0475. The Morgan fingerprint density at radius 1 is 1.50 bits per heavy atom. The fourth-order valence-corrected chi connectivity index (χ4v) is 4.73. The molecule has 2 aliphatic rings. The van der Waals surface area contributed by atoms with E-state index in [9.17, 15) is 4.79 Å². The molecule has 2 fully saturated rings. The molecule has 18 heavy (non-hydrogen) atoms. The summed E-state index contributed by atoms with van der Waals surface area (Å²) in [6.07, 6.45) is 4.01. The Morgan fingerprint density at radius 3 is 2.78 bits per heavy atom. The number of H-pyrrole nitrogens is 1. The molecule has 3 atom stereocenters. The van der Waals surface area contributed by atoms with E-state index in [0.717, 1.165) is 18.2 Å². The van der Waals surface area contributed by atoms with Crippen molar-refractivity contribution in [2.75, 3.05) is 0 Å². The van der Waals surface area contributed by atoms with Crippen LogP contribution in [0, 0.1) is 16.7 Å². The molecule has 1 aromatic heterocycles. The molecule has 100 valence electrons. The van der Waals surface area contributed by atoms with E-state index in [1.54, 1.807) is 0 Å². The molecular formula is C14H22N2OS. The van der Waals surface area contributed by atoms with Crippen LogP contribution in [0.2, 0.25) is 0 Å². The lowest BCUT2D eigenvalue weighted by Gasteiger charge is -2.39. The topological polar surface area (TPSA) is 44.9 Å². The van der Waals surface area contributed by atoms with Crippen LogP contribution >= 0.6 is 11.3 Å². The minimum Gasteiger partial charge on any atom is -0.315 e. The number of fused-ring (bicyclic) bond motifs is 2. The van der Waals surface area contributed by atoms with Crippen molar-refractivity contribution in [1.29, 1.82) is 0 Å². The highest BCUT2D eigenvalue weighted by Crippen LogP contribution is 2.65. The normalized spacial score (nSPS) is 37.3. The summed E-state index contributed by atoms with van der Waals surface area (Å²) in [5, 5.41) is 5.60. The Hall–Kier alpha value is -0.610. The van der Waals surface area contributed by atoms with Crippen molar-refractivity contribution >= 4 is 11.3 Å². The van der Waals surface area contributed by atoms with Crippen molar-refractivity contribution in [2.45, 2.75) is 52.6 Å². The smallest absolute Gasteiger partial charge is 0.304 e. The molecule has 0 amide bonds. The summed E-state index contributed by atoms with van der Waals surface area (Å²) in [6.45, 7) is 8.09. The van der Waals surface area contributed by atoms with E-state index in [1.165, 1.54) is 30.6 Å². The van der Waals surface area contributed by atoms with E-state index < -0.39 is 0 Å². The molecule has 0 saturated heterocycles. The molecule has 0 aliphatic heterocycles. The Balaban J connectivity index is 1.70. The Morgan fingerprint density at radius 2 is 2.28 bits per heavy atom. The van der Waals surface area contributed by atoms with Gasteiger partial charge in [-0.2, -0.15) is 0 Å². The molecule has 2 saturated carbocycles. The van der Waals surface area contributed by atoms with Gasteiger partial charge in [-0.15, -0.1) is 0 Å². The monoisotopic (exact) mass is 266 g/mol. The maximum Gasteiger partial charge on any atom is 0.304 e. The number of hydrogen-bond donors (Lipinski definition) is 2. The van der Waals surface area contributed by atoms with Crippen molar-refractivity contribution in [1.82, 2.24) is 10.3 Å². The van der Waals surface area contributed by atoms with E-state index in [-0.39, 0.29) is 4.87 Å². The van der Waals surface area contributed by atoms with Gasteiger partial charge >= 0.3 is 4.87 Å². The van der Waals surface area contributed by atoms with Gasteiger partial charge in [0, 0.05) is 23.7 Å². The molecule has 3 unspecified atom stereocenters. The lowest BCUT2D eigenvalue weighted by molar-refractivity contribution is 0.120. The van der Waals surface area contributed by atoms with Crippen LogP contribution in [0.5, 0.6) is 0 Å². The zero-order valence-corrected chi connectivity index (χ0v) is 12.2. The number of aromatic nitrogens is 1. The van der Waals surface area contributed by atoms with Gasteiger partial charge in [0.25, 0.3) is 0 Å². The van der Waals surface area contributed by atoms with Crippen LogP contribution in [-0.2, 0) is 6.54 Å². The maximum atomic E-state index is 11.1. The third kappa shape index (κ3) is 1.62. The average Bonchev–Trinajstić information content (AvgIpc) is 2.87. The van der Waals surface area contributed by atoms with Gasteiger partial charge in [0.05, 0.1) is 0 Å². The fraction of sp³-hybridized carbons (Fsp3) is 0.786. The number of rotatable bonds is 3. The molecule has 0 aromatic carbocycles. The van der Waals surface area contributed by atoms with E-state index in [2.05, 4.69) is 31.1 Å². The van der Waals surface area contributed by atoms with Gasteiger partial charge < -0.3 is 10.3 Å². The van der Waals surface area contributed by atoms with Crippen molar-refractivity contribution in [3.05, 3.63) is 20.7 Å². The van der Waals surface area contributed by atoms with Crippen LogP contribution in [0.4, 0.5) is 0 Å². The molecule has 1 heterocycles. The Labute approximate surface area is 112 Å². The first-order valence-corrected chi connectivity index (χ1v) is 7.71. The summed E-state index contributed by atoms with van der Waals surface area (Å²) < 4.78 is 0. The van der Waals surface area contributed by atoms with Gasteiger partial charge in [-0.3, -0.25) is 4.79 Å². The SMILES string of the molecule is CC1(C)C2CCC1(C)C(NCc1csc(=O)[nH]1)C2. The van der Waals surface area contributed by atoms with Gasteiger partial charge in [0.15, 0.2) is 0 Å². The van der Waals surface area contributed by atoms with Crippen LogP contribution in [0.1, 0.15) is 45.7 Å². The van der Waals surface area contributed by atoms with Gasteiger partial charge in [0.2, 0.25) is 0 Å². The lowest BCUT2D eigenvalue weighted by atomic mass is 9.69. The number of hydrogen-bond acceptors (Lipinski definition) is 3. The van der Waals surface area contributed by atoms with E-state index in [1.807, 2.05) is 5.38 Å². The third-order valence-electron chi connectivity index (χ3n) is 5.90. The van der Waals surface area contributed by atoms with Gasteiger partial charge in [-0.05, 0) is 36.0 Å². The zero-order chi connectivity index (χ0) is 13.0. The van der Waals surface area contributed by atoms with Crippen LogP contribution in [0.3, 0.4) is 0 Å². The second-order valence-corrected chi connectivity index (χ2v) is 7.56. The maximum absolute atomic E-state index is 11.1. The molecule has 2 bridgehead atoms. The summed E-state index contributed by atoms with van der Waals surface area (Å²) in [7, 11) is 0. The van der Waals surface area contributed by atoms with Crippen molar-refractivity contribution in [3.63, 3.8) is 0 Å². The number of thiazole rings is 1. The number of nitrogens with one attached hydrogen (secondary N) is 2. The Bertz CT molecular complexity index is 504. The van der Waals surface area contributed by atoms with Gasteiger partial charge in [-0.1, -0.05) is 32.1 Å². The van der Waals surface area contributed by atoms with E-state index in [4.69, 9.17) is 0 Å². The van der Waals surface area contributed by atoms with Gasteiger partial charge in [-0.25, -0.2) is 0 Å². The highest BCUT2D eigenvalue weighted by atomic mass is 32.1. The molecule has 3 nitrogen and oxygen atoms in total. The van der Waals surface area contributed by atoms with Crippen LogP contribution in [0.15, 0.2) is 10.2 Å². The average molecular weight is 266 g/mol. The highest BCUT2D eigenvalue weighted by molar-refractivity contribution is 7.07. The summed E-state index contributed by atoms with van der Waals surface area (Å²) in [5.74, 6) is 0.863. The van der Waals surface area contributed by atoms with Crippen LogP contribution < -0.4 is 10.2 Å². The second kappa shape index (κ2) is 3.94. The molecule has 2 aliphatic carbocycles. The second-order valence-electron chi connectivity index (χ2n) is 6.72. The molecule has 2 N–H and O–H groups in total. The first-order valence-electron chi connectivity index (χ1n) is 6.83. The Kier molecular flexibility index (Phi) is 2.72. The molecule has 0 spiro atoms. The van der Waals surface area contributed by atoms with Crippen molar-refractivity contribution in [2.24, 2.45) is 16.7 Å². The lowest BCUT2D eigenvalue weighted by Crippen LogP contribution is -2.44. The number of aromatic amines is 1. The summed E-state index contributed by atoms with van der Waals surface area (Å²) >= 11 is 1.25. The quantitative estimate of drug-likeness (QED) is 0.883. The highest BCUT2D eigenvalue weighted by Gasteiger charge is 2.60. The molecular weight excluding hydrogens is 244 g/mol. The first-order chi connectivity index (χ1) is 8.43. The van der Waals surface area contributed by atoms with E-state index in [0.29, 0.717) is 16.9 Å². The predicted molar refractivity (Wildman–Crippen MR) is 74.8 cm³/mol. The van der Waals surface area contributed by atoms with Crippen LogP contribution in [0.25, 0.3) is 0 Å². The first kappa shape index (κ1) is 12.4. The largest absolute Gasteiger partial charge is 0.315 e. The van der Waals surface area contributed by atoms with E-state index >= 15 is 0 Å². The minimum atomic E-state index is 0.0475. The summed E-state index contributed by atoms with van der Waals surface area (Å²) in [6, 6.07) is 0.592. The molecule has 0 radical (unpaired) electrons. The molecule has 4 heteroatoms. The fourth-order valence-electron chi connectivity index (χ4n) is 4.15. The van der Waals surface area contributed by atoms with Crippen molar-refractivity contribution < 1.29 is 0 Å². The van der Waals surface area contributed by atoms with Crippen LogP contribution in [-0.4, -0.2) is 11.0 Å².